The van der Waals surface area contributed by atoms with Crippen LogP contribution in [0.5, 0.6) is 0 Å². The number of carbonyl (C=O) groups excluding carboxylic acids is 1. The zero-order valence-electron chi connectivity index (χ0n) is 13.4. The van der Waals surface area contributed by atoms with Crippen molar-refractivity contribution in [2.24, 2.45) is 0 Å². The molecule has 0 N–H and O–H groups in total. The van der Waals surface area contributed by atoms with Crippen LogP contribution in [0.4, 0.5) is 0 Å². The lowest BCUT2D eigenvalue weighted by molar-refractivity contribution is -0.136. The van der Waals surface area contributed by atoms with Crippen molar-refractivity contribution in [3.63, 3.8) is 0 Å². The summed E-state index contributed by atoms with van der Waals surface area (Å²) in [4.78, 5) is 13.4. The van der Waals surface area contributed by atoms with Crippen LogP contribution in [0, 0.1) is 0 Å². The topological polar surface area (TPSA) is 79.4 Å². The van der Waals surface area contributed by atoms with Gasteiger partial charge in [-0.3, -0.25) is 4.79 Å². The first-order chi connectivity index (χ1) is 10.3. The van der Waals surface area contributed by atoms with Crippen molar-refractivity contribution in [2.45, 2.75) is 26.1 Å². The van der Waals surface area contributed by atoms with Crippen LogP contribution >= 0.6 is 0 Å². The first kappa shape index (κ1) is 17.6. The van der Waals surface area contributed by atoms with Gasteiger partial charge in [-0.05, 0) is 13.8 Å². The van der Waals surface area contributed by atoms with Crippen LogP contribution in [0.1, 0.15) is 13.8 Å². The fourth-order valence-corrected chi connectivity index (χ4v) is 4.61. The Morgan fingerprint density at radius 3 is 2.14 bits per heavy atom. The van der Waals surface area contributed by atoms with Gasteiger partial charge in [-0.25, -0.2) is 0 Å². The van der Waals surface area contributed by atoms with Crippen molar-refractivity contribution in [2.75, 3.05) is 53.0 Å². The summed E-state index contributed by atoms with van der Waals surface area (Å²) in [5.74, 6) is -0.104. The second-order valence-electron chi connectivity index (χ2n) is 5.79. The fraction of sp³-hybridized carbons (Fsp3) is 0.923. The van der Waals surface area contributed by atoms with Crippen LogP contribution in [0.25, 0.3) is 0 Å². The van der Waals surface area contributed by atoms with Crippen LogP contribution in [0.3, 0.4) is 0 Å². The van der Waals surface area contributed by atoms with E-state index < -0.39 is 10.2 Å². The molecule has 2 rings (SSSR count). The van der Waals surface area contributed by atoms with E-state index >= 15 is 0 Å². The molecule has 2 heterocycles. The van der Waals surface area contributed by atoms with E-state index in [-0.39, 0.29) is 24.7 Å². The van der Waals surface area contributed by atoms with Crippen molar-refractivity contribution >= 4 is 16.1 Å². The predicted molar refractivity (Wildman–Crippen MR) is 80.5 cm³/mol. The lowest BCUT2D eigenvalue weighted by Gasteiger charge is -2.40. The number of morpholine rings is 1. The highest BCUT2D eigenvalue weighted by Crippen LogP contribution is 2.18. The number of amides is 1. The van der Waals surface area contributed by atoms with Crippen molar-refractivity contribution in [1.29, 1.82) is 0 Å². The highest BCUT2D eigenvalue weighted by atomic mass is 32.2. The van der Waals surface area contributed by atoms with Gasteiger partial charge in [0, 0.05) is 46.4 Å². The Balaban J connectivity index is 1.96. The molecule has 0 aliphatic carbocycles. The molecule has 0 spiro atoms. The second kappa shape index (κ2) is 7.22. The van der Waals surface area contributed by atoms with Gasteiger partial charge in [0.05, 0.1) is 12.2 Å². The number of hydrogen-bond donors (Lipinski definition) is 0. The smallest absolute Gasteiger partial charge is 0.282 e. The van der Waals surface area contributed by atoms with E-state index in [4.69, 9.17) is 9.47 Å². The molecule has 0 aromatic carbocycles. The van der Waals surface area contributed by atoms with Crippen molar-refractivity contribution in [1.82, 2.24) is 13.5 Å². The first-order valence-corrected chi connectivity index (χ1v) is 8.91. The maximum Gasteiger partial charge on any atom is 0.282 e. The Labute approximate surface area is 132 Å². The molecule has 0 aromatic heterocycles. The molecule has 2 saturated heterocycles. The van der Waals surface area contributed by atoms with E-state index in [0.717, 1.165) is 0 Å². The van der Waals surface area contributed by atoms with Gasteiger partial charge in [0.1, 0.15) is 6.61 Å². The molecule has 9 heteroatoms. The number of hydrogen-bond acceptors (Lipinski definition) is 5. The average Bonchev–Trinajstić information content (AvgIpc) is 2.46. The van der Waals surface area contributed by atoms with Crippen LogP contribution < -0.4 is 0 Å². The zero-order valence-corrected chi connectivity index (χ0v) is 14.2. The highest BCUT2D eigenvalue weighted by Gasteiger charge is 2.37. The van der Waals surface area contributed by atoms with E-state index in [2.05, 4.69) is 0 Å². The summed E-state index contributed by atoms with van der Waals surface area (Å²) in [6.07, 6.45) is -0.216. The Kier molecular flexibility index (Phi) is 5.78. The third kappa shape index (κ3) is 3.96. The van der Waals surface area contributed by atoms with Gasteiger partial charge in [0.15, 0.2) is 0 Å². The van der Waals surface area contributed by atoms with Crippen molar-refractivity contribution in [3.05, 3.63) is 0 Å². The molecule has 0 aromatic rings. The number of carbonyl (C=O) groups is 1. The number of piperazine rings is 1. The summed E-state index contributed by atoms with van der Waals surface area (Å²) >= 11 is 0. The van der Waals surface area contributed by atoms with E-state index in [1.807, 2.05) is 13.8 Å². The fourth-order valence-electron chi connectivity index (χ4n) is 2.87. The Morgan fingerprint density at radius 2 is 1.64 bits per heavy atom. The zero-order chi connectivity index (χ0) is 16.3. The lowest BCUT2D eigenvalue weighted by atomic mass is 10.3. The quantitative estimate of drug-likeness (QED) is 0.667. The summed E-state index contributed by atoms with van der Waals surface area (Å²) in [6, 6.07) is 0. The molecule has 2 fully saturated rings. The maximum absolute atomic E-state index is 12.7. The van der Waals surface area contributed by atoms with Gasteiger partial charge in [0.2, 0.25) is 5.91 Å². The summed E-state index contributed by atoms with van der Waals surface area (Å²) in [5, 5.41) is 0. The van der Waals surface area contributed by atoms with Crippen molar-refractivity contribution in [3.8, 4) is 0 Å². The van der Waals surface area contributed by atoms with Crippen LogP contribution in [-0.2, 0) is 24.5 Å². The largest absolute Gasteiger partial charge is 0.375 e. The second-order valence-corrected chi connectivity index (χ2v) is 7.72. The van der Waals surface area contributed by atoms with Gasteiger partial charge in [-0.1, -0.05) is 0 Å². The van der Waals surface area contributed by atoms with Crippen LogP contribution in [-0.4, -0.2) is 93.0 Å². The first-order valence-electron chi connectivity index (χ1n) is 7.52. The SMILES string of the molecule is COCC(=O)N1CCN(S(=O)(=O)N2C[C@H](C)O[C@@H](C)C2)CC1. The van der Waals surface area contributed by atoms with Gasteiger partial charge in [0.25, 0.3) is 10.2 Å². The predicted octanol–water partition coefficient (Wildman–Crippen LogP) is -0.869. The van der Waals surface area contributed by atoms with Gasteiger partial charge in [-0.15, -0.1) is 0 Å². The van der Waals surface area contributed by atoms with Crippen LogP contribution in [0.2, 0.25) is 0 Å². The third-order valence-corrected chi connectivity index (χ3v) is 5.87. The number of methoxy groups -OCH3 is 1. The number of rotatable bonds is 4. The Hall–Kier alpha value is -0.740. The summed E-state index contributed by atoms with van der Waals surface area (Å²) in [5.41, 5.74) is 0. The Morgan fingerprint density at radius 1 is 1.09 bits per heavy atom. The summed E-state index contributed by atoms with van der Waals surface area (Å²) in [7, 11) is -2.02. The summed E-state index contributed by atoms with van der Waals surface area (Å²) < 4.78 is 38.7. The molecule has 2 aliphatic rings. The van der Waals surface area contributed by atoms with E-state index in [0.29, 0.717) is 39.3 Å². The molecule has 2 aliphatic heterocycles. The number of nitrogens with zero attached hydrogens (tertiary/aromatic N) is 3. The Bertz CT molecular complexity index is 480. The molecule has 0 unspecified atom stereocenters. The van der Waals surface area contributed by atoms with E-state index in [1.165, 1.54) is 15.7 Å². The molecule has 128 valence electrons. The third-order valence-electron chi connectivity index (χ3n) is 3.90. The van der Waals surface area contributed by atoms with E-state index in [9.17, 15) is 13.2 Å². The minimum Gasteiger partial charge on any atom is -0.375 e. The minimum absolute atomic E-state index is 0.0330. The summed E-state index contributed by atoms with van der Waals surface area (Å²) in [6.45, 7) is 5.96. The van der Waals surface area contributed by atoms with Crippen molar-refractivity contribution < 1.29 is 22.7 Å². The molecule has 22 heavy (non-hydrogen) atoms. The number of ether oxygens (including phenoxy) is 2. The molecule has 0 radical (unpaired) electrons. The molecule has 1 amide bonds. The van der Waals surface area contributed by atoms with E-state index in [1.54, 1.807) is 4.90 Å². The molecular weight excluding hydrogens is 310 g/mol. The molecular formula is C13H25N3O5S. The van der Waals surface area contributed by atoms with Gasteiger partial charge < -0.3 is 14.4 Å². The highest BCUT2D eigenvalue weighted by molar-refractivity contribution is 7.86. The molecule has 0 bridgehead atoms. The monoisotopic (exact) mass is 335 g/mol. The minimum atomic E-state index is -3.49. The molecule has 2 atom stereocenters. The average molecular weight is 335 g/mol. The van der Waals surface area contributed by atoms with Gasteiger partial charge in [-0.2, -0.15) is 17.0 Å². The maximum atomic E-state index is 12.7. The standard InChI is InChI=1S/C13H25N3O5S/c1-11-8-16(9-12(2)21-11)22(18,19)15-6-4-14(5-7-15)13(17)10-20-3/h11-12H,4-10H2,1-3H3/t11-,12-/m0/s1. The lowest BCUT2D eigenvalue weighted by Crippen LogP contribution is -2.57. The van der Waals surface area contributed by atoms with Gasteiger partial charge >= 0.3 is 0 Å². The molecule has 0 saturated carbocycles. The molecule has 8 nitrogen and oxygen atoms in total. The van der Waals surface area contributed by atoms with Crippen LogP contribution in [0.15, 0.2) is 0 Å². The normalized spacial score (nSPS) is 28.8.